The van der Waals surface area contributed by atoms with Gasteiger partial charge in [0.25, 0.3) is 0 Å². The van der Waals surface area contributed by atoms with E-state index in [1.165, 1.54) is 25.9 Å². The van der Waals surface area contributed by atoms with Gasteiger partial charge >= 0.3 is 0 Å². The highest BCUT2D eigenvalue weighted by atomic mass is 16.5. The number of ether oxygens (including phenoxy) is 1. The summed E-state index contributed by atoms with van der Waals surface area (Å²) in [4.78, 5) is 6.71. The maximum Gasteiger partial charge on any atom is 0.170 e. The summed E-state index contributed by atoms with van der Waals surface area (Å²) in [5.74, 6) is 0.769. The highest BCUT2D eigenvalue weighted by Crippen LogP contribution is 2.39. The molecule has 0 aromatic carbocycles. The van der Waals surface area contributed by atoms with E-state index in [-0.39, 0.29) is 5.60 Å². The van der Waals surface area contributed by atoms with Crippen molar-refractivity contribution in [2.24, 2.45) is 10.9 Å². The second kappa shape index (κ2) is 2.22. The van der Waals surface area contributed by atoms with E-state index in [9.17, 15) is 0 Å². The standard InChI is InChI=1S/C9H14N2O/c1-3-11-4-2-8(1)9(6-11)5-10-7-12-9/h7-8H,1-6H2. The number of hydrogen-bond acceptors (Lipinski definition) is 3. The van der Waals surface area contributed by atoms with Crippen LogP contribution in [0.15, 0.2) is 4.99 Å². The summed E-state index contributed by atoms with van der Waals surface area (Å²) in [7, 11) is 0. The molecular formula is C9H14N2O. The minimum atomic E-state index is 0.0938. The number of aliphatic imine (C=N–C) groups is 1. The number of nitrogens with zero attached hydrogens (tertiary/aromatic N) is 2. The van der Waals surface area contributed by atoms with Crippen LogP contribution in [-0.2, 0) is 4.74 Å². The summed E-state index contributed by atoms with van der Waals surface area (Å²) in [5, 5.41) is 0. The lowest BCUT2D eigenvalue weighted by Gasteiger charge is -2.49. The van der Waals surface area contributed by atoms with Crippen LogP contribution in [0.4, 0.5) is 0 Å². The van der Waals surface area contributed by atoms with Gasteiger partial charge in [-0.3, -0.25) is 9.89 Å². The zero-order valence-corrected chi connectivity index (χ0v) is 7.20. The minimum absolute atomic E-state index is 0.0938. The first kappa shape index (κ1) is 6.89. The second-order valence-electron chi connectivity index (χ2n) is 4.18. The summed E-state index contributed by atoms with van der Waals surface area (Å²) < 4.78 is 5.68. The molecule has 0 N–H and O–H groups in total. The fourth-order valence-corrected chi connectivity index (χ4v) is 2.81. The molecule has 0 aromatic rings. The molecule has 1 atom stereocenters. The van der Waals surface area contributed by atoms with Crippen molar-refractivity contribution in [2.75, 3.05) is 26.2 Å². The van der Waals surface area contributed by atoms with Crippen molar-refractivity contribution < 1.29 is 4.74 Å². The second-order valence-corrected chi connectivity index (χ2v) is 4.18. The Morgan fingerprint density at radius 3 is 2.75 bits per heavy atom. The van der Waals surface area contributed by atoms with Crippen LogP contribution < -0.4 is 0 Å². The summed E-state index contributed by atoms with van der Waals surface area (Å²) in [6.07, 6.45) is 4.27. The maximum atomic E-state index is 5.68. The highest BCUT2D eigenvalue weighted by molar-refractivity contribution is 5.50. The maximum absolute atomic E-state index is 5.68. The Labute approximate surface area is 72.4 Å². The van der Waals surface area contributed by atoms with Gasteiger partial charge in [0.2, 0.25) is 0 Å². The normalized spacial score (nSPS) is 50.0. The van der Waals surface area contributed by atoms with E-state index in [1.807, 2.05) is 0 Å². The van der Waals surface area contributed by atoms with Crippen molar-refractivity contribution in [2.45, 2.75) is 18.4 Å². The summed E-state index contributed by atoms with van der Waals surface area (Å²) >= 11 is 0. The molecule has 3 fully saturated rings. The highest BCUT2D eigenvalue weighted by Gasteiger charge is 2.49. The number of hydrogen-bond donors (Lipinski definition) is 0. The molecular weight excluding hydrogens is 152 g/mol. The molecule has 4 rings (SSSR count). The Kier molecular flexibility index (Phi) is 1.28. The predicted molar refractivity (Wildman–Crippen MR) is 46.3 cm³/mol. The van der Waals surface area contributed by atoms with Crippen LogP contribution in [0.5, 0.6) is 0 Å². The predicted octanol–water partition coefficient (Wildman–Crippen LogP) is 0.509. The fourth-order valence-electron chi connectivity index (χ4n) is 2.81. The third-order valence-corrected chi connectivity index (χ3v) is 3.54. The Balaban J connectivity index is 1.87. The summed E-state index contributed by atoms with van der Waals surface area (Å²) in [6, 6.07) is 0. The lowest BCUT2D eigenvalue weighted by Crippen LogP contribution is -2.60. The topological polar surface area (TPSA) is 24.8 Å². The fraction of sp³-hybridized carbons (Fsp3) is 0.889. The van der Waals surface area contributed by atoms with Crippen LogP contribution in [0.2, 0.25) is 0 Å². The molecule has 1 spiro atoms. The smallest absolute Gasteiger partial charge is 0.170 e. The zero-order valence-electron chi connectivity index (χ0n) is 7.20. The first-order valence-corrected chi connectivity index (χ1v) is 4.78. The molecule has 4 aliphatic heterocycles. The lowest BCUT2D eigenvalue weighted by molar-refractivity contribution is -0.0801. The van der Waals surface area contributed by atoms with Gasteiger partial charge < -0.3 is 4.74 Å². The third kappa shape index (κ3) is 0.774. The van der Waals surface area contributed by atoms with E-state index in [4.69, 9.17) is 4.74 Å². The van der Waals surface area contributed by atoms with Crippen molar-refractivity contribution in [1.29, 1.82) is 0 Å². The number of fused-ring (bicyclic) bond motifs is 2. The molecule has 4 aliphatic rings. The molecule has 3 saturated heterocycles. The van der Waals surface area contributed by atoms with Gasteiger partial charge in [-0.1, -0.05) is 0 Å². The van der Waals surface area contributed by atoms with Crippen LogP contribution in [0.1, 0.15) is 12.8 Å². The van der Waals surface area contributed by atoms with Gasteiger partial charge in [-0.05, 0) is 25.9 Å². The van der Waals surface area contributed by atoms with E-state index in [0.29, 0.717) is 0 Å². The first-order valence-electron chi connectivity index (χ1n) is 4.78. The van der Waals surface area contributed by atoms with Crippen molar-refractivity contribution in [3.8, 4) is 0 Å². The molecule has 2 bridgehead atoms. The minimum Gasteiger partial charge on any atom is -0.474 e. The molecule has 0 saturated carbocycles. The van der Waals surface area contributed by atoms with E-state index in [0.717, 1.165) is 19.0 Å². The van der Waals surface area contributed by atoms with Gasteiger partial charge in [-0.25, -0.2) is 0 Å². The van der Waals surface area contributed by atoms with Crippen molar-refractivity contribution in [3.63, 3.8) is 0 Å². The molecule has 66 valence electrons. The molecule has 3 nitrogen and oxygen atoms in total. The molecule has 3 heteroatoms. The van der Waals surface area contributed by atoms with E-state index in [1.54, 1.807) is 6.40 Å². The lowest BCUT2D eigenvalue weighted by atomic mass is 9.75. The van der Waals surface area contributed by atoms with Crippen LogP contribution in [0.25, 0.3) is 0 Å². The molecule has 12 heavy (non-hydrogen) atoms. The molecule has 1 unspecified atom stereocenters. The molecule has 0 radical (unpaired) electrons. The van der Waals surface area contributed by atoms with E-state index < -0.39 is 0 Å². The Morgan fingerprint density at radius 2 is 2.25 bits per heavy atom. The van der Waals surface area contributed by atoms with Gasteiger partial charge in [-0.2, -0.15) is 0 Å². The molecule has 0 aliphatic carbocycles. The monoisotopic (exact) mass is 166 g/mol. The van der Waals surface area contributed by atoms with Crippen LogP contribution >= 0.6 is 0 Å². The van der Waals surface area contributed by atoms with Crippen molar-refractivity contribution in [3.05, 3.63) is 0 Å². The van der Waals surface area contributed by atoms with Crippen molar-refractivity contribution >= 4 is 6.40 Å². The Hall–Kier alpha value is -0.570. The Bertz CT molecular complexity index is 211. The van der Waals surface area contributed by atoms with Crippen molar-refractivity contribution in [1.82, 2.24) is 4.90 Å². The quantitative estimate of drug-likeness (QED) is 0.524. The first-order chi connectivity index (χ1) is 5.89. The summed E-state index contributed by atoms with van der Waals surface area (Å²) in [5.41, 5.74) is 0.0938. The van der Waals surface area contributed by atoms with Crippen LogP contribution in [0, 0.1) is 5.92 Å². The third-order valence-electron chi connectivity index (χ3n) is 3.54. The SMILES string of the molecule is C1=NCC2(CN3CCC2CC3)O1. The number of rotatable bonds is 0. The van der Waals surface area contributed by atoms with Gasteiger partial charge in [0.1, 0.15) is 5.60 Å². The average molecular weight is 166 g/mol. The summed E-state index contributed by atoms with van der Waals surface area (Å²) in [6.45, 7) is 4.55. The number of piperidine rings is 3. The molecule has 0 amide bonds. The van der Waals surface area contributed by atoms with E-state index in [2.05, 4.69) is 9.89 Å². The molecule has 0 aromatic heterocycles. The van der Waals surface area contributed by atoms with Gasteiger partial charge in [0.15, 0.2) is 6.40 Å². The Morgan fingerprint density at radius 1 is 1.42 bits per heavy atom. The average Bonchev–Trinajstić information content (AvgIpc) is 2.55. The largest absolute Gasteiger partial charge is 0.474 e. The molecule has 4 heterocycles. The zero-order chi connectivity index (χ0) is 8.02. The van der Waals surface area contributed by atoms with Gasteiger partial charge in [0.05, 0.1) is 6.54 Å². The van der Waals surface area contributed by atoms with Gasteiger partial charge in [0, 0.05) is 12.5 Å². The van der Waals surface area contributed by atoms with Crippen LogP contribution in [-0.4, -0.2) is 43.1 Å². The van der Waals surface area contributed by atoms with Crippen LogP contribution in [0.3, 0.4) is 0 Å². The van der Waals surface area contributed by atoms with E-state index >= 15 is 0 Å². The van der Waals surface area contributed by atoms with Gasteiger partial charge in [-0.15, -0.1) is 0 Å².